The van der Waals surface area contributed by atoms with E-state index in [1.165, 1.54) is 34.9 Å². The minimum atomic E-state index is 0.481. The first-order valence-electron chi connectivity index (χ1n) is 7.07. The Morgan fingerprint density at radius 1 is 1.28 bits per heavy atom. The van der Waals surface area contributed by atoms with E-state index in [1.54, 1.807) is 0 Å². The summed E-state index contributed by atoms with van der Waals surface area (Å²) in [5.74, 6) is 0.775. The van der Waals surface area contributed by atoms with E-state index >= 15 is 0 Å². The quantitative estimate of drug-likeness (QED) is 0.726. The number of nitrogens with one attached hydrogen (secondary N) is 1. The minimum absolute atomic E-state index is 0.481. The molecule has 2 heteroatoms. The first kappa shape index (κ1) is 15.7. The number of rotatable bonds is 7. The van der Waals surface area contributed by atoms with Crippen LogP contribution in [0.1, 0.15) is 57.2 Å². The summed E-state index contributed by atoms with van der Waals surface area (Å²) in [5.41, 5.74) is 2.82. The average molecular weight is 312 g/mol. The largest absolute Gasteiger partial charge is 0.310 e. The van der Waals surface area contributed by atoms with Gasteiger partial charge in [-0.15, -0.1) is 0 Å². The van der Waals surface area contributed by atoms with Gasteiger partial charge in [-0.2, -0.15) is 0 Å². The minimum Gasteiger partial charge on any atom is -0.310 e. The fraction of sp³-hybridized carbons (Fsp3) is 0.625. The van der Waals surface area contributed by atoms with Gasteiger partial charge in [-0.3, -0.25) is 0 Å². The Kier molecular flexibility index (Phi) is 6.95. The van der Waals surface area contributed by atoms with E-state index in [9.17, 15) is 0 Å². The van der Waals surface area contributed by atoms with Crippen LogP contribution in [-0.2, 0) is 0 Å². The molecule has 0 heterocycles. The third-order valence-corrected chi connectivity index (χ3v) is 3.98. The van der Waals surface area contributed by atoms with E-state index in [4.69, 9.17) is 0 Å². The van der Waals surface area contributed by atoms with Gasteiger partial charge in [-0.25, -0.2) is 0 Å². The molecular formula is C16H26BrN. The lowest BCUT2D eigenvalue weighted by Crippen LogP contribution is -2.23. The molecule has 18 heavy (non-hydrogen) atoms. The fourth-order valence-corrected chi connectivity index (χ4v) is 2.95. The molecule has 2 atom stereocenters. The van der Waals surface area contributed by atoms with Crippen LogP contribution in [0, 0.1) is 12.8 Å². The van der Waals surface area contributed by atoms with Gasteiger partial charge in [0.05, 0.1) is 0 Å². The molecular weight excluding hydrogens is 286 g/mol. The first-order valence-corrected chi connectivity index (χ1v) is 7.87. The Balaban J connectivity index is 2.85. The highest BCUT2D eigenvalue weighted by Crippen LogP contribution is 2.28. The molecule has 0 saturated carbocycles. The van der Waals surface area contributed by atoms with Gasteiger partial charge >= 0.3 is 0 Å². The van der Waals surface area contributed by atoms with E-state index in [1.807, 2.05) is 0 Å². The van der Waals surface area contributed by atoms with Crippen molar-refractivity contribution < 1.29 is 0 Å². The van der Waals surface area contributed by atoms with Gasteiger partial charge in [0.15, 0.2) is 0 Å². The van der Waals surface area contributed by atoms with Crippen LogP contribution in [0.15, 0.2) is 22.7 Å². The van der Waals surface area contributed by atoms with Crippen LogP contribution in [0.25, 0.3) is 0 Å². The molecule has 1 nitrogen and oxygen atoms in total. The number of aryl methyl sites for hydroxylation is 1. The summed E-state index contributed by atoms with van der Waals surface area (Å²) in [4.78, 5) is 0. The molecule has 1 aromatic carbocycles. The van der Waals surface area contributed by atoms with Crippen molar-refractivity contribution in [1.29, 1.82) is 0 Å². The van der Waals surface area contributed by atoms with Crippen molar-refractivity contribution in [3.63, 3.8) is 0 Å². The number of hydrogen-bond acceptors (Lipinski definition) is 1. The van der Waals surface area contributed by atoms with Crippen LogP contribution in [0.3, 0.4) is 0 Å². The summed E-state index contributed by atoms with van der Waals surface area (Å²) < 4.78 is 1.18. The van der Waals surface area contributed by atoms with Crippen molar-refractivity contribution >= 4 is 15.9 Å². The van der Waals surface area contributed by atoms with Crippen molar-refractivity contribution in [3.8, 4) is 0 Å². The molecule has 0 spiro atoms. The van der Waals surface area contributed by atoms with E-state index in [2.05, 4.69) is 67.1 Å². The first-order chi connectivity index (χ1) is 8.58. The lowest BCUT2D eigenvalue weighted by atomic mass is 9.91. The van der Waals surface area contributed by atoms with Crippen molar-refractivity contribution in [3.05, 3.63) is 33.8 Å². The molecule has 1 N–H and O–H groups in total. The normalized spacial score (nSPS) is 14.5. The topological polar surface area (TPSA) is 12.0 Å². The zero-order chi connectivity index (χ0) is 13.5. The van der Waals surface area contributed by atoms with Crippen LogP contribution >= 0.6 is 15.9 Å². The maximum Gasteiger partial charge on any atom is 0.0325 e. The molecule has 0 amide bonds. The van der Waals surface area contributed by atoms with E-state index < -0.39 is 0 Å². The zero-order valence-corrected chi connectivity index (χ0v) is 13.7. The highest BCUT2D eigenvalue weighted by molar-refractivity contribution is 9.10. The maximum absolute atomic E-state index is 3.64. The second kappa shape index (κ2) is 7.96. The highest BCUT2D eigenvalue weighted by atomic mass is 79.9. The SMILES string of the molecule is CCCC(C)CC(NCC)c1cc(Br)ccc1C. The second-order valence-corrected chi connectivity index (χ2v) is 6.16. The lowest BCUT2D eigenvalue weighted by molar-refractivity contribution is 0.394. The van der Waals surface area contributed by atoms with Gasteiger partial charge in [0, 0.05) is 10.5 Å². The molecule has 1 aromatic rings. The maximum atomic E-state index is 3.64. The van der Waals surface area contributed by atoms with Crippen molar-refractivity contribution in [2.45, 2.75) is 53.0 Å². The number of benzene rings is 1. The number of halogens is 1. The second-order valence-electron chi connectivity index (χ2n) is 5.24. The lowest BCUT2D eigenvalue weighted by Gasteiger charge is -2.24. The van der Waals surface area contributed by atoms with E-state index in [0.29, 0.717) is 6.04 Å². The Hall–Kier alpha value is -0.340. The van der Waals surface area contributed by atoms with Crippen LogP contribution in [0.2, 0.25) is 0 Å². The molecule has 102 valence electrons. The van der Waals surface area contributed by atoms with E-state index in [0.717, 1.165) is 12.5 Å². The fourth-order valence-electron chi connectivity index (χ4n) is 2.57. The van der Waals surface area contributed by atoms with Gasteiger partial charge in [0.1, 0.15) is 0 Å². The summed E-state index contributed by atoms with van der Waals surface area (Å²) in [6, 6.07) is 7.07. The standard InChI is InChI=1S/C16H26BrN/c1-5-7-12(3)10-16(18-6-2)15-11-14(17)9-8-13(15)4/h8-9,11-12,16,18H,5-7,10H2,1-4H3. The molecule has 0 aromatic heterocycles. The zero-order valence-electron chi connectivity index (χ0n) is 12.1. The van der Waals surface area contributed by atoms with Gasteiger partial charge in [0.25, 0.3) is 0 Å². The molecule has 0 aliphatic carbocycles. The average Bonchev–Trinajstić information content (AvgIpc) is 2.32. The van der Waals surface area contributed by atoms with Crippen molar-refractivity contribution in [2.75, 3.05) is 6.54 Å². The highest BCUT2D eigenvalue weighted by Gasteiger charge is 2.16. The van der Waals surface area contributed by atoms with Gasteiger partial charge < -0.3 is 5.32 Å². The molecule has 2 unspecified atom stereocenters. The Labute approximate surface area is 120 Å². The molecule has 1 rings (SSSR count). The molecule has 0 saturated heterocycles. The summed E-state index contributed by atoms with van der Waals surface area (Å²) in [5, 5.41) is 3.64. The number of hydrogen-bond donors (Lipinski definition) is 1. The molecule has 0 radical (unpaired) electrons. The summed E-state index contributed by atoms with van der Waals surface area (Å²) >= 11 is 3.58. The van der Waals surface area contributed by atoms with Crippen LogP contribution in [-0.4, -0.2) is 6.54 Å². The van der Waals surface area contributed by atoms with Crippen molar-refractivity contribution in [1.82, 2.24) is 5.32 Å². The van der Waals surface area contributed by atoms with E-state index in [-0.39, 0.29) is 0 Å². The summed E-state index contributed by atoms with van der Waals surface area (Å²) in [6.45, 7) is 10.0. The monoisotopic (exact) mass is 311 g/mol. The molecule has 0 aliphatic heterocycles. The Morgan fingerprint density at radius 2 is 2.00 bits per heavy atom. The predicted octanol–water partition coefficient (Wildman–Crippen LogP) is 5.23. The van der Waals surface area contributed by atoms with Gasteiger partial charge in [-0.05, 0) is 49.1 Å². The van der Waals surface area contributed by atoms with Crippen LogP contribution in [0.5, 0.6) is 0 Å². The summed E-state index contributed by atoms with van der Waals surface area (Å²) in [6.07, 6.45) is 3.81. The third-order valence-electron chi connectivity index (χ3n) is 3.49. The van der Waals surface area contributed by atoms with Gasteiger partial charge in [0.2, 0.25) is 0 Å². The Bertz CT molecular complexity index is 362. The smallest absolute Gasteiger partial charge is 0.0325 e. The third kappa shape index (κ3) is 4.74. The van der Waals surface area contributed by atoms with Crippen LogP contribution < -0.4 is 5.32 Å². The van der Waals surface area contributed by atoms with Crippen molar-refractivity contribution in [2.24, 2.45) is 5.92 Å². The predicted molar refractivity (Wildman–Crippen MR) is 84.0 cm³/mol. The molecule has 0 fully saturated rings. The summed E-state index contributed by atoms with van der Waals surface area (Å²) in [7, 11) is 0. The Morgan fingerprint density at radius 3 is 2.61 bits per heavy atom. The van der Waals surface area contributed by atoms with Crippen LogP contribution in [0.4, 0.5) is 0 Å². The van der Waals surface area contributed by atoms with Gasteiger partial charge in [-0.1, -0.05) is 55.6 Å². The molecule has 0 aliphatic rings. The molecule has 0 bridgehead atoms.